The lowest BCUT2D eigenvalue weighted by Crippen LogP contribution is -2.37. The van der Waals surface area contributed by atoms with Crippen LogP contribution >= 0.6 is 0 Å². The van der Waals surface area contributed by atoms with Crippen LogP contribution in [0.15, 0.2) is 55.2 Å². The third-order valence-corrected chi connectivity index (χ3v) is 5.27. The summed E-state index contributed by atoms with van der Waals surface area (Å²) in [6.45, 7) is 3.47. The zero-order valence-corrected chi connectivity index (χ0v) is 16.0. The minimum atomic E-state index is 0.228. The number of carbonyl (C=O) groups excluding carboxylic acids is 1. The molecule has 0 bridgehead atoms. The van der Waals surface area contributed by atoms with Crippen LogP contribution in [0.4, 0.5) is 0 Å². The van der Waals surface area contributed by atoms with Gasteiger partial charge in [0.2, 0.25) is 5.91 Å². The third kappa shape index (κ3) is 3.76. The van der Waals surface area contributed by atoms with Gasteiger partial charge < -0.3 is 4.90 Å². The smallest absolute Gasteiger partial charge is 0.222 e. The van der Waals surface area contributed by atoms with E-state index in [0.717, 1.165) is 48.3 Å². The van der Waals surface area contributed by atoms with Crippen molar-refractivity contribution in [3.8, 4) is 22.5 Å². The lowest BCUT2D eigenvalue weighted by molar-refractivity contribution is -0.131. The number of rotatable bonds is 4. The average Bonchev–Trinajstić information content (AvgIpc) is 2.79. The Bertz CT molecular complexity index is 938. The van der Waals surface area contributed by atoms with Gasteiger partial charge in [-0.25, -0.2) is 9.97 Å². The highest BCUT2D eigenvalue weighted by atomic mass is 16.2. The summed E-state index contributed by atoms with van der Waals surface area (Å²) in [6, 6.07) is 7.84. The molecule has 3 aromatic rings. The van der Waals surface area contributed by atoms with Gasteiger partial charge in [0.05, 0.1) is 5.69 Å². The third-order valence-electron chi connectivity index (χ3n) is 5.27. The van der Waals surface area contributed by atoms with Crippen molar-refractivity contribution in [2.24, 2.45) is 0 Å². The van der Waals surface area contributed by atoms with Gasteiger partial charge in [-0.1, -0.05) is 6.92 Å². The van der Waals surface area contributed by atoms with Gasteiger partial charge in [-0.05, 0) is 42.7 Å². The summed E-state index contributed by atoms with van der Waals surface area (Å²) >= 11 is 0. The molecular weight excluding hydrogens is 350 g/mol. The van der Waals surface area contributed by atoms with Crippen LogP contribution in [0.3, 0.4) is 0 Å². The summed E-state index contributed by atoms with van der Waals surface area (Å²) in [5, 5.41) is 0. The van der Waals surface area contributed by atoms with E-state index in [1.54, 1.807) is 24.8 Å². The van der Waals surface area contributed by atoms with Crippen LogP contribution in [0.2, 0.25) is 0 Å². The Labute approximate surface area is 164 Å². The summed E-state index contributed by atoms with van der Waals surface area (Å²) in [6.07, 6.45) is 11.4. The Balaban J connectivity index is 1.70. The first-order chi connectivity index (χ1) is 13.8. The van der Waals surface area contributed by atoms with E-state index in [1.807, 2.05) is 42.3 Å². The van der Waals surface area contributed by atoms with Crippen molar-refractivity contribution in [2.75, 3.05) is 13.1 Å². The second kappa shape index (κ2) is 8.25. The number of piperidine rings is 1. The molecule has 3 aromatic heterocycles. The molecule has 28 heavy (non-hydrogen) atoms. The van der Waals surface area contributed by atoms with Crippen LogP contribution in [0.25, 0.3) is 22.5 Å². The van der Waals surface area contributed by atoms with E-state index < -0.39 is 0 Å². The molecule has 0 aromatic carbocycles. The normalized spacial score (nSPS) is 14.8. The average molecular weight is 373 g/mol. The highest BCUT2D eigenvalue weighted by Gasteiger charge is 2.26. The van der Waals surface area contributed by atoms with E-state index in [-0.39, 0.29) is 5.91 Å². The Morgan fingerprint density at radius 2 is 1.82 bits per heavy atom. The first-order valence-electron chi connectivity index (χ1n) is 9.71. The number of likely N-dealkylation sites (tertiary alicyclic amines) is 1. The van der Waals surface area contributed by atoms with Crippen molar-refractivity contribution in [2.45, 2.75) is 32.1 Å². The monoisotopic (exact) mass is 373 g/mol. The van der Waals surface area contributed by atoms with Crippen molar-refractivity contribution in [3.63, 3.8) is 0 Å². The molecule has 6 heteroatoms. The second-order valence-electron chi connectivity index (χ2n) is 6.98. The van der Waals surface area contributed by atoms with Gasteiger partial charge in [-0.2, -0.15) is 0 Å². The van der Waals surface area contributed by atoms with Gasteiger partial charge in [-0.3, -0.25) is 14.8 Å². The van der Waals surface area contributed by atoms with Gasteiger partial charge in [-0.15, -0.1) is 0 Å². The van der Waals surface area contributed by atoms with Crippen LogP contribution in [0.5, 0.6) is 0 Å². The number of pyridine rings is 2. The summed E-state index contributed by atoms with van der Waals surface area (Å²) in [5.41, 5.74) is 4.05. The fourth-order valence-corrected chi connectivity index (χ4v) is 3.72. The number of nitrogens with zero attached hydrogens (tertiary/aromatic N) is 5. The SMILES string of the molecule is CCC(=O)N1CCC(c2nc(-c3cccnc3)ncc2-c2ccncc2)CC1. The highest BCUT2D eigenvalue weighted by molar-refractivity contribution is 5.76. The molecule has 142 valence electrons. The van der Waals surface area contributed by atoms with E-state index in [0.29, 0.717) is 18.2 Å². The van der Waals surface area contributed by atoms with Crippen molar-refractivity contribution in [1.82, 2.24) is 24.8 Å². The molecule has 1 saturated heterocycles. The van der Waals surface area contributed by atoms with Crippen LogP contribution < -0.4 is 0 Å². The molecule has 0 radical (unpaired) electrons. The minimum Gasteiger partial charge on any atom is -0.343 e. The number of amides is 1. The molecule has 1 amide bonds. The molecule has 0 atom stereocenters. The summed E-state index contributed by atoms with van der Waals surface area (Å²) in [5.74, 6) is 1.21. The first-order valence-corrected chi connectivity index (χ1v) is 9.71. The van der Waals surface area contributed by atoms with Crippen LogP contribution in [0.1, 0.15) is 37.8 Å². The Hall–Kier alpha value is -3.15. The second-order valence-corrected chi connectivity index (χ2v) is 6.98. The standard InChI is InChI=1S/C22H23N5O/c1-2-20(28)27-12-7-17(8-13-27)21-19(16-5-10-23-11-6-16)15-25-22(26-21)18-4-3-9-24-14-18/h3-6,9-11,14-15,17H,2,7-8,12-13H2,1H3. The molecule has 6 nitrogen and oxygen atoms in total. The molecular formula is C22H23N5O. The van der Waals surface area contributed by atoms with Crippen molar-refractivity contribution >= 4 is 5.91 Å². The predicted octanol–water partition coefficient (Wildman–Crippen LogP) is 3.72. The van der Waals surface area contributed by atoms with Crippen LogP contribution in [-0.2, 0) is 4.79 Å². The Kier molecular flexibility index (Phi) is 5.37. The predicted molar refractivity (Wildman–Crippen MR) is 107 cm³/mol. The van der Waals surface area contributed by atoms with Gasteiger partial charge in [0.15, 0.2) is 5.82 Å². The maximum absolute atomic E-state index is 12.0. The largest absolute Gasteiger partial charge is 0.343 e. The molecule has 1 fully saturated rings. The fourth-order valence-electron chi connectivity index (χ4n) is 3.72. The van der Waals surface area contributed by atoms with E-state index in [4.69, 9.17) is 4.98 Å². The summed E-state index contributed by atoms with van der Waals surface area (Å²) < 4.78 is 0. The van der Waals surface area contributed by atoms with Gasteiger partial charge in [0.25, 0.3) is 0 Å². The lowest BCUT2D eigenvalue weighted by Gasteiger charge is -2.32. The maximum Gasteiger partial charge on any atom is 0.222 e. The molecule has 0 aliphatic carbocycles. The molecule has 1 aliphatic heterocycles. The quantitative estimate of drug-likeness (QED) is 0.697. The highest BCUT2D eigenvalue weighted by Crippen LogP contribution is 2.34. The van der Waals surface area contributed by atoms with Gasteiger partial charge >= 0.3 is 0 Å². The van der Waals surface area contributed by atoms with E-state index >= 15 is 0 Å². The molecule has 1 aliphatic rings. The summed E-state index contributed by atoms with van der Waals surface area (Å²) in [4.78, 5) is 31.9. The Morgan fingerprint density at radius 1 is 1.04 bits per heavy atom. The number of carbonyl (C=O) groups is 1. The molecule has 0 saturated carbocycles. The Morgan fingerprint density at radius 3 is 2.50 bits per heavy atom. The first kappa shape index (κ1) is 18.2. The maximum atomic E-state index is 12.0. The molecule has 0 unspecified atom stereocenters. The fraction of sp³-hybridized carbons (Fsp3) is 0.318. The van der Waals surface area contributed by atoms with Crippen molar-refractivity contribution in [1.29, 1.82) is 0 Å². The van der Waals surface area contributed by atoms with Crippen LogP contribution in [0, 0.1) is 0 Å². The molecule has 4 heterocycles. The lowest BCUT2D eigenvalue weighted by atomic mass is 9.89. The topological polar surface area (TPSA) is 71.9 Å². The van der Waals surface area contributed by atoms with Gasteiger partial charge in [0, 0.05) is 67.5 Å². The minimum absolute atomic E-state index is 0.228. The number of hydrogen-bond acceptors (Lipinski definition) is 5. The van der Waals surface area contributed by atoms with Crippen LogP contribution in [-0.4, -0.2) is 43.8 Å². The van der Waals surface area contributed by atoms with Gasteiger partial charge in [0.1, 0.15) is 0 Å². The van der Waals surface area contributed by atoms with Crippen molar-refractivity contribution in [3.05, 3.63) is 60.9 Å². The number of hydrogen-bond donors (Lipinski definition) is 0. The zero-order chi connectivity index (χ0) is 19.3. The molecule has 0 N–H and O–H groups in total. The van der Waals surface area contributed by atoms with Crippen molar-refractivity contribution < 1.29 is 4.79 Å². The van der Waals surface area contributed by atoms with E-state index in [1.165, 1.54) is 0 Å². The molecule has 4 rings (SSSR count). The number of aromatic nitrogens is 4. The van der Waals surface area contributed by atoms with E-state index in [2.05, 4.69) is 15.0 Å². The van der Waals surface area contributed by atoms with E-state index in [9.17, 15) is 4.79 Å². The molecule has 0 spiro atoms. The zero-order valence-electron chi connectivity index (χ0n) is 16.0. The summed E-state index contributed by atoms with van der Waals surface area (Å²) in [7, 11) is 0.